The van der Waals surface area contributed by atoms with Crippen LogP contribution in [-0.4, -0.2) is 38.2 Å². The second-order valence-electron chi connectivity index (χ2n) is 6.71. The first-order valence-corrected chi connectivity index (χ1v) is 12.3. The number of hydrogen-bond acceptors (Lipinski definition) is 8. The summed E-state index contributed by atoms with van der Waals surface area (Å²) in [6.07, 6.45) is 3.23. The van der Waals surface area contributed by atoms with Crippen molar-refractivity contribution in [3.05, 3.63) is 59.6 Å². The van der Waals surface area contributed by atoms with Gasteiger partial charge in [0.15, 0.2) is 15.0 Å². The third kappa shape index (κ3) is 6.27. The predicted octanol–water partition coefficient (Wildman–Crippen LogP) is 3.71. The van der Waals surface area contributed by atoms with Crippen LogP contribution in [0.5, 0.6) is 17.2 Å². The number of benzene rings is 2. The maximum atomic E-state index is 12.7. The Hall–Kier alpha value is -2.95. The van der Waals surface area contributed by atoms with Crippen molar-refractivity contribution in [1.29, 1.82) is 0 Å². The zero-order valence-electron chi connectivity index (χ0n) is 17.1. The first kappa shape index (κ1) is 22.7. The fourth-order valence-corrected chi connectivity index (χ4v) is 3.82. The average molecular weight is 462 g/mol. The molecule has 1 heterocycles. The summed E-state index contributed by atoms with van der Waals surface area (Å²) >= 11 is 1.31. The molecule has 0 aliphatic carbocycles. The molecule has 0 spiro atoms. The SMILES string of the molecule is CCC(CN)Oc1cc(Oc2ccc(S(C)(=O)=O)cc2)cc(C(=O)Nc2nccs2)c1. The van der Waals surface area contributed by atoms with Gasteiger partial charge in [-0.2, -0.15) is 0 Å². The molecule has 0 aliphatic heterocycles. The van der Waals surface area contributed by atoms with Crippen LogP contribution >= 0.6 is 11.3 Å². The monoisotopic (exact) mass is 461 g/mol. The number of nitrogens with one attached hydrogen (secondary N) is 1. The molecule has 1 amide bonds. The molecule has 10 heteroatoms. The molecule has 0 bridgehead atoms. The Bertz CT molecular complexity index is 1130. The lowest BCUT2D eigenvalue weighted by molar-refractivity contribution is 0.102. The molecule has 3 rings (SSSR count). The van der Waals surface area contributed by atoms with Gasteiger partial charge in [0.05, 0.1) is 4.90 Å². The van der Waals surface area contributed by atoms with E-state index in [4.69, 9.17) is 15.2 Å². The topological polar surface area (TPSA) is 121 Å². The van der Waals surface area contributed by atoms with Gasteiger partial charge in [-0.05, 0) is 42.8 Å². The van der Waals surface area contributed by atoms with Crippen LogP contribution in [0.2, 0.25) is 0 Å². The Morgan fingerprint density at radius 3 is 2.45 bits per heavy atom. The minimum atomic E-state index is -3.31. The van der Waals surface area contributed by atoms with Gasteiger partial charge in [0.2, 0.25) is 0 Å². The Labute approximate surface area is 184 Å². The van der Waals surface area contributed by atoms with Crippen molar-refractivity contribution in [2.75, 3.05) is 18.1 Å². The molecule has 1 unspecified atom stereocenters. The number of ether oxygens (including phenoxy) is 2. The number of carbonyl (C=O) groups excluding carboxylic acids is 1. The zero-order valence-corrected chi connectivity index (χ0v) is 18.7. The molecule has 0 aliphatic rings. The maximum Gasteiger partial charge on any atom is 0.257 e. The number of carbonyl (C=O) groups is 1. The fraction of sp³-hybridized carbons (Fsp3) is 0.238. The number of nitrogens with zero attached hydrogens (tertiary/aromatic N) is 1. The summed E-state index contributed by atoms with van der Waals surface area (Å²) in [5.74, 6) is 0.854. The Morgan fingerprint density at radius 2 is 1.87 bits per heavy atom. The molecular weight excluding hydrogens is 438 g/mol. The molecular formula is C21H23N3O5S2. The van der Waals surface area contributed by atoms with Crippen LogP contribution in [0.1, 0.15) is 23.7 Å². The summed E-state index contributed by atoms with van der Waals surface area (Å²) in [6.45, 7) is 2.28. The van der Waals surface area contributed by atoms with E-state index in [1.807, 2.05) is 6.92 Å². The van der Waals surface area contributed by atoms with Crippen molar-refractivity contribution in [3.8, 4) is 17.2 Å². The van der Waals surface area contributed by atoms with Gasteiger partial charge in [0, 0.05) is 36.0 Å². The standard InChI is InChI=1S/C21H23N3O5S2/c1-3-15(13-22)28-17-10-14(20(25)24-21-23-8-9-30-21)11-18(12-17)29-16-4-6-19(7-5-16)31(2,26)27/h4-12,15H,3,13,22H2,1-2H3,(H,23,24,25). The van der Waals surface area contributed by atoms with E-state index in [0.29, 0.717) is 40.9 Å². The molecule has 0 radical (unpaired) electrons. The highest BCUT2D eigenvalue weighted by Crippen LogP contribution is 2.29. The van der Waals surface area contributed by atoms with Gasteiger partial charge in [-0.15, -0.1) is 11.3 Å². The maximum absolute atomic E-state index is 12.7. The van der Waals surface area contributed by atoms with Crippen LogP contribution in [0, 0.1) is 0 Å². The summed E-state index contributed by atoms with van der Waals surface area (Å²) < 4.78 is 35.0. The molecule has 3 N–H and O–H groups in total. The predicted molar refractivity (Wildman–Crippen MR) is 120 cm³/mol. The van der Waals surface area contributed by atoms with E-state index in [1.165, 1.54) is 23.5 Å². The van der Waals surface area contributed by atoms with E-state index in [1.54, 1.807) is 41.9 Å². The van der Waals surface area contributed by atoms with Crippen molar-refractivity contribution < 1.29 is 22.7 Å². The van der Waals surface area contributed by atoms with Gasteiger partial charge < -0.3 is 15.2 Å². The lowest BCUT2D eigenvalue weighted by Gasteiger charge is -2.17. The first-order valence-electron chi connectivity index (χ1n) is 9.49. The largest absolute Gasteiger partial charge is 0.489 e. The summed E-state index contributed by atoms with van der Waals surface area (Å²) in [7, 11) is -3.31. The lowest BCUT2D eigenvalue weighted by Crippen LogP contribution is -2.25. The molecule has 0 saturated heterocycles. The quantitative estimate of drug-likeness (QED) is 0.498. The minimum Gasteiger partial charge on any atom is -0.489 e. The average Bonchev–Trinajstić information content (AvgIpc) is 3.24. The van der Waals surface area contributed by atoms with Gasteiger partial charge in [0.1, 0.15) is 23.4 Å². The molecule has 164 valence electrons. The van der Waals surface area contributed by atoms with Crippen molar-refractivity contribution in [1.82, 2.24) is 4.98 Å². The number of anilines is 1. The fourth-order valence-electron chi connectivity index (χ4n) is 2.67. The Kier molecular flexibility index (Phi) is 7.26. The third-order valence-electron chi connectivity index (χ3n) is 4.30. The second kappa shape index (κ2) is 9.90. The summed E-state index contributed by atoms with van der Waals surface area (Å²) in [6, 6.07) is 10.9. The van der Waals surface area contributed by atoms with E-state index in [-0.39, 0.29) is 16.9 Å². The van der Waals surface area contributed by atoms with Crippen LogP contribution in [0.4, 0.5) is 5.13 Å². The lowest BCUT2D eigenvalue weighted by atomic mass is 10.1. The van der Waals surface area contributed by atoms with Crippen LogP contribution in [-0.2, 0) is 9.84 Å². The third-order valence-corrected chi connectivity index (χ3v) is 6.12. The molecule has 3 aromatic rings. The highest BCUT2D eigenvalue weighted by molar-refractivity contribution is 7.90. The summed E-state index contributed by atoms with van der Waals surface area (Å²) in [4.78, 5) is 16.9. The van der Waals surface area contributed by atoms with Crippen molar-refractivity contribution in [3.63, 3.8) is 0 Å². The number of nitrogens with two attached hydrogens (primary N) is 1. The molecule has 1 aromatic heterocycles. The van der Waals surface area contributed by atoms with Gasteiger partial charge in [0.25, 0.3) is 5.91 Å². The van der Waals surface area contributed by atoms with Crippen LogP contribution < -0.4 is 20.5 Å². The van der Waals surface area contributed by atoms with Gasteiger partial charge in [-0.1, -0.05) is 6.92 Å². The summed E-state index contributed by atoms with van der Waals surface area (Å²) in [5, 5.41) is 4.96. The van der Waals surface area contributed by atoms with Crippen LogP contribution in [0.25, 0.3) is 0 Å². The first-order chi connectivity index (χ1) is 14.8. The highest BCUT2D eigenvalue weighted by atomic mass is 32.2. The molecule has 0 fully saturated rings. The zero-order chi connectivity index (χ0) is 22.4. The van der Waals surface area contributed by atoms with E-state index in [0.717, 1.165) is 6.26 Å². The van der Waals surface area contributed by atoms with Gasteiger partial charge >= 0.3 is 0 Å². The van der Waals surface area contributed by atoms with Crippen molar-refractivity contribution >= 4 is 32.2 Å². The van der Waals surface area contributed by atoms with E-state index >= 15 is 0 Å². The number of hydrogen-bond donors (Lipinski definition) is 2. The van der Waals surface area contributed by atoms with Crippen LogP contribution in [0.15, 0.2) is 58.9 Å². The number of amides is 1. The molecule has 0 saturated carbocycles. The second-order valence-corrected chi connectivity index (χ2v) is 9.62. The summed E-state index contributed by atoms with van der Waals surface area (Å²) in [5.41, 5.74) is 6.06. The molecule has 1 atom stereocenters. The van der Waals surface area contributed by atoms with E-state index in [2.05, 4.69) is 10.3 Å². The number of rotatable bonds is 9. The van der Waals surface area contributed by atoms with E-state index in [9.17, 15) is 13.2 Å². The molecule has 2 aromatic carbocycles. The molecule has 31 heavy (non-hydrogen) atoms. The normalized spacial score (nSPS) is 12.2. The number of sulfone groups is 1. The number of aromatic nitrogens is 1. The Balaban J connectivity index is 1.89. The van der Waals surface area contributed by atoms with Gasteiger partial charge in [-0.3, -0.25) is 10.1 Å². The Morgan fingerprint density at radius 1 is 1.16 bits per heavy atom. The van der Waals surface area contributed by atoms with Crippen LogP contribution in [0.3, 0.4) is 0 Å². The van der Waals surface area contributed by atoms with E-state index < -0.39 is 9.84 Å². The highest BCUT2D eigenvalue weighted by Gasteiger charge is 2.15. The van der Waals surface area contributed by atoms with Crippen molar-refractivity contribution in [2.24, 2.45) is 5.73 Å². The number of thiazole rings is 1. The van der Waals surface area contributed by atoms with Gasteiger partial charge in [-0.25, -0.2) is 13.4 Å². The molecule has 8 nitrogen and oxygen atoms in total. The van der Waals surface area contributed by atoms with Crippen molar-refractivity contribution in [2.45, 2.75) is 24.3 Å². The smallest absolute Gasteiger partial charge is 0.257 e. The minimum absolute atomic E-state index is 0.189.